The molecule has 0 aliphatic carbocycles. The number of anilines is 1. The molecular weight excluding hydrogens is 206 g/mol. The van der Waals surface area contributed by atoms with Gasteiger partial charge in [0.25, 0.3) is 0 Å². The molecule has 1 heterocycles. The normalized spacial score (nSPS) is 20.8. The van der Waals surface area contributed by atoms with Crippen molar-refractivity contribution < 1.29 is 15.0 Å². The molecule has 1 atom stereocenters. The molecule has 1 aromatic carbocycles. The summed E-state index contributed by atoms with van der Waals surface area (Å²) in [4.78, 5) is 12.8. The summed E-state index contributed by atoms with van der Waals surface area (Å²) >= 11 is 0. The van der Waals surface area contributed by atoms with Crippen LogP contribution in [0.15, 0.2) is 24.3 Å². The average Bonchev–Trinajstić information content (AvgIpc) is 2.29. The van der Waals surface area contributed by atoms with E-state index in [1.54, 1.807) is 24.3 Å². The Morgan fingerprint density at radius 3 is 2.56 bits per heavy atom. The zero-order chi connectivity index (χ0) is 11.5. The zero-order valence-electron chi connectivity index (χ0n) is 8.97. The maximum Gasteiger partial charge on any atom is 0.335 e. The van der Waals surface area contributed by atoms with Gasteiger partial charge in [0, 0.05) is 18.8 Å². The molecule has 0 radical (unpaired) electrons. The van der Waals surface area contributed by atoms with Crippen molar-refractivity contribution >= 4 is 11.7 Å². The lowest BCUT2D eigenvalue weighted by atomic mass is 10.1. The van der Waals surface area contributed by atoms with Crippen LogP contribution in [0.25, 0.3) is 0 Å². The molecule has 0 spiro atoms. The van der Waals surface area contributed by atoms with E-state index in [4.69, 9.17) is 5.11 Å². The van der Waals surface area contributed by atoms with Crippen molar-refractivity contribution in [2.45, 2.75) is 18.9 Å². The van der Waals surface area contributed by atoms with Crippen LogP contribution in [0.1, 0.15) is 23.2 Å². The highest BCUT2D eigenvalue weighted by molar-refractivity contribution is 5.88. The molecule has 2 rings (SSSR count). The van der Waals surface area contributed by atoms with Gasteiger partial charge in [0.15, 0.2) is 0 Å². The summed E-state index contributed by atoms with van der Waals surface area (Å²) in [5.41, 5.74) is 1.27. The highest BCUT2D eigenvalue weighted by atomic mass is 16.4. The van der Waals surface area contributed by atoms with Gasteiger partial charge in [0.05, 0.1) is 11.7 Å². The summed E-state index contributed by atoms with van der Waals surface area (Å²) in [5.74, 6) is -0.912. The lowest BCUT2D eigenvalue weighted by Gasteiger charge is -2.32. The molecule has 0 bridgehead atoms. The molecule has 1 aliphatic heterocycles. The van der Waals surface area contributed by atoms with Crippen LogP contribution in [0.3, 0.4) is 0 Å². The van der Waals surface area contributed by atoms with Crippen molar-refractivity contribution in [2.24, 2.45) is 0 Å². The minimum absolute atomic E-state index is 0.270. The van der Waals surface area contributed by atoms with Crippen LogP contribution in [0.4, 0.5) is 5.69 Å². The molecule has 1 aromatic rings. The van der Waals surface area contributed by atoms with Gasteiger partial charge in [-0.2, -0.15) is 0 Å². The van der Waals surface area contributed by atoms with Gasteiger partial charge < -0.3 is 15.1 Å². The third kappa shape index (κ3) is 2.33. The predicted molar refractivity (Wildman–Crippen MR) is 60.9 cm³/mol. The second kappa shape index (κ2) is 4.53. The summed E-state index contributed by atoms with van der Waals surface area (Å²) in [6.07, 6.45) is 1.55. The molecule has 4 nitrogen and oxygen atoms in total. The molecule has 16 heavy (non-hydrogen) atoms. The minimum Gasteiger partial charge on any atom is -0.478 e. The molecule has 86 valence electrons. The van der Waals surface area contributed by atoms with E-state index in [1.807, 2.05) is 0 Å². The van der Waals surface area contributed by atoms with Gasteiger partial charge in [-0.1, -0.05) is 0 Å². The smallest absolute Gasteiger partial charge is 0.335 e. The molecule has 1 fully saturated rings. The van der Waals surface area contributed by atoms with Gasteiger partial charge >= 0.3 is 5.97 Å². The fraction of sp³-hybridized carbons (Fsp3) is 0.417. The Morgan fingerprint density at radius 2 is 2.00 bits per heavy atom. The number of carboxylic acid groups (broad SMARTS) is 1. The number of hydrogen-bond acceptors (Lipinski definition) is 3. The fourth-order valence-electron chi connectivity index (χ4n) is 2.00. The van der Waals surface area contributed by atoms with E-state index in [9.17, 15) is 9.90 Å². The van der Waals surface area contributed by atoms with Crippen LogP contribution in [-0.4, -0.2) is 35.4 Å². The van der Waals surface area contributed by atoms with Crippen LogP contribution in [0, 0.1) is 0 Å². The Morgan fingerprint density at radius 1 is 1.31 bits per heavy atom. The first kappa shape index (κ1) is 11.0. The highest BCUT2D eigenvalue weighted by Crippen LogP contribution is 2.20. The first-order valence-electron chi connectivity index (χ1n) is 5.43. The van der Waals surface area contributed by atoms with Crippen LogP contribution in [0.2, 0.25) is 0 Å². The SMILES string of the molecule is O=C(O)c1ccc(N2CCCC(O)C2)cc1. The van der Waals surface area contributed by atoms with Gasteiger partial charge in [-0.25, -0.2) is 4.79 Å². The summed E-state index contributed by atoms with van der Waals surface area (Å²) in [6.45, 7) is 1.55. The third-order valence-corrected chi connectivity index (χ3v) is 2.88. The monoisotopic (exact) mass is 221 g/mol. The molecule has 0 amide bonds. The number of aliphatic hydroxyl groups is 1. The average molecular weight is 221 g/mol. The third-order valence-electron chi connectivity index (χ3n) is 2.88. The molecule has 1 unspecified atom stereocenters. The second-order valence-electron chi connectivity index (χ2n) is 4.09. The Balaban J connectivity index is 2.11. The number of benzene rings is 1. The second-order valence-corrected chi connectivity index (χ2v) is 4.09. The number of piperidine rings is 1. The van der Waals surface area contributed by atoms with E-state index < -0.39 is 5.97 Å². The van der Waals surface area contributed by atoms with Crippen LogP contribution < -0.4 is 4.90 Å². The lowest BCUT2D eigenvalue weighted by molar-refractivity contribution is 0.0697. The van der Waals surface area contributed by atoms with E-state index in [0.29, 0.717) is 12.1 Å². The number of rotatable bonds is 2. The minimum atomic E-state index is -0.912. The number of carboxylic acids is 1. The number of β-amino-alcohol motifs (C(OH)–C–C–N with tert-alkyl or cyclic N) is 1. The molecule has 0 saturated carbocycles. The standard InChI is InChI=1S/C12H15NO3/c14-11-2-1-7-13(8-11)10-5-3-9(4-6-10)12(15)16/h3-6,11,14H,1-2,7-8H2,(H,15,16). The quantitative estimate of drug-likeness (QED) is 0.791. The summed E-state index contributed by atoms with van der Waals surface area (Å²) in [7, 11) is 0. The lowest BCUT2D eigenvalue weighted by Crippen LogP contribution is -2.38. The van der Waals surface area contributed by atoms with Crippen LogP contribution >= 0.6 is 0 Å². The van der Waals surface area contributed by atoms with Gasteiger partial charge in [-0.15, -0.1) is 0 Å². The molecular formula is C12H15NO3. The van der Waals surface area contributed by atoms with Crippen molar-refractivity contribution in [3.8, 4) is 0 Å². The number of nitrogens with zero attached hydrogens (tertiary/aromatic N) is 1. The number of aromatic carboxylic acids is 1. The summed E-state index contributed by atoms with van der Waals surface area (Å²) in [5, 5.41) is 18.3. The number of aliphatic hydroxyl groups excluding tert-OH is 1. The fourth-order valence-corrected chi connectivity index (χ4v) is 2.00. The highest BCUT2D eigenvalue weighted by Gasteiger charge is 2.17. The van der Waals surface area contributed by atoms with Crippen molar-refractivity contribution in [3.63, 3.8) is 0 Å². The Kier molecular flexibility index (Phi) is 3.10. The summed E-state index contributed by atoms with van der Waals surface area (Å²) in [6, 6.07) is 6.78. The zero-order valence-corrected chi connectivity index (χ0v) is 8.97. The van der Waals surface area contributed by atoms with Crippen molar-refractivity contribution in [1.29, 1.82) is 0 Å². The van der Waals surface area contributed by atoms with Crippen LogP contribution in [-0.2, 0) is 0 Å². The van der Waals surface area contributed by atoms with E-state index in [0.717, 1.165) is 25.1 Å². The van der Waals surface area contributed by atoms with Gasteiger partial charge in [-0.05, 0) is 37.1 Å². The molecule has 2 N–H and O–H groups in total. The predicted octanol–water partition coefficient (Wildman–Crippen LogP) is 1.35. The molecule has 1 aliphatic rings. The Bertz CT molecular complexity index is 374. The van der Waals surface area contributed by atoms with E-state index in [-0.39, 0.29) is 6.10 Å². The number of hydrogen-bond donors (Lipinski definition) is 2. The van der Waals surface area contributed by atoms with Crippen LogP contribution in [0.5, 0.6) is 0 Å². The van der Waals surface area contributed by atoms with Gasteiger partial charge in [-0.3, -0.25) is 0 Å². The van der Waals surface area contributed by atoms with Gasteiger partial charge in [0.2, 0.25) is 0 Å². The molecule has 4 heteroatoms. The van der Waals surface area contributed by atoms with E-state index in [2.05, 4.69) is 4.90 Å². The topological polar surface area (TPSA) is 60.8 Å². The maximum atomic E-state index is 10.7. The Hall–Kier alpha value is -1.55. The number of carbonyl (C=O) groups is 1. The van der Waals surface area contributed by atoms with Gasteiger partial charge in [0.1, 0.15) is 0 Å². The largest absolute Gasteiger partial charge is 0.478 e. The van der Waals surface area contributed by atoms with E-state index in [1.165, 1.54) is 0 Å². The Labute approximate surface area is 94.1 Å². The van der Waals surface area contributed by atoms with Crippen molar-refractivity contribution in [1.82, 2.24) is 0 Å². The summed E-state index contributed by atoms with van der Waals surface area (Å²) < 4.78 is 0. The van der Waals surface area contributed by atoms with E-state index >= 15 is 0 Å². The first-order valence-corrected chi connectivity index (χ1v) is 5.43. The van der Waals surface area contributed by atoms with Crippen molar-refractivity contribution in [3.05, 3.63) is 29.8 Å². The molecule has 1 saturated heterocycles. The van der Waals surface area contributed by atoms with Crippen molar-refractivity contribution in [2.75, 3.05) is 18.0 Å². The maximum absolute atomic E-state index is 10.7. The molecule has 0 aromatic heterocycles. The first-order chi connectivity index (χ1) is 7.66.